The number of nitrogens with zero attached hydrogens (tertiary/aromatic N) is 2. The van der Waals surface area contributed by atoms with Gasteiger partial charge in [-0.2, -0.15) is 0 Å². The number of hydrogen-bond acceptors (Lipinski definition) is 5. The predicted octanol–water partition coefficient (Wildman–Crippen LogP) is 7.65. The monoisotopic (exact) mass is 536 g/mol. The number of benzene rings is 4. The third-order valence-corrected chi connectivity index (χ3v) is 7.00. The molecule has 0 bridgehead atoms. The maximum atomic E-state index is 13.3. The molecule has 4 aromatic carbocycles. The molecule has 0 aliphatic heterocycles. The van der Waals surface area contributed by atoms with Crippen molar-refractivity contribution in [2.75, 3.05) is 6.26 Å². The number of Topliss-reactive ketones (excluding diaryl/α,β-unsaturated/α-hetero) is 1. The molecule has 38 heavy (non-hydrogen) atoms. The van der Waals surface area contributed by atoms with Gasteiger partial charge in [0.25, 0.3) is 0 Å². The molecule has 0 aliphatic rings. The molecule has 6 heteroatoms. The summed E-state index contributed by atoms with van der Waals surface area (Å²) in [5.41, 5.74) is 3.00. The fraction of sp³-hybridized carbons (Fsp3) is 0.0938. The number of thioether (sulfide) groups is 1. The van der Waals surface area contributed by atoms with Crippen LogP contribution in [0.25, 0.3) is 0 Å². The van der Waals surface area contributed by atoms with Gasteiger partial charge < -0.3 is 4.74 Å². The maximum absolute atomic E-state index is 13.3. The fourth-order valence-electron chi connectivity index (χ4n) is 4.49. The zero-order valence-corrected chi connectivity index (χ0v) is 22.3. The van der Waals surface area contributed by atoms with Crippen LogP contribution in [0.1, 0.15) is 32.7 Å². The molecule has 1 heterocycles. The first-order chi connectivity index (χ1) is 18.6. The Morgan fingerprint density at radius 2 is 1.37 bits per heavy atom. The minimum atomic E-state index is -0.977. The van der Waals surface area contributed by atoms with Crippen molar-refractivity contribution >= 4 is 29.1 Å². The van der Waals surface area contributed by atoms with Crippen molar-refractivity contribution < 1.29 is 9.53 Å². The molecular weight excluding hydrogens is 512 g/mol. The second kappa shape index (κ2) is 11.6. The Balaban J connectivity index is 1.60. The SMILES string of the molecule is CSc1nccc(CC(=O)c2cc(Cl)cc(OC(c3ccccc3)(c3ccccc3)c3ccccc3)c2)n1. The van der Waals surface area contributed by atoms with Gasteiger partial charge in [-0.15, -0.1) is 0 Å². The summed E-state index contributed by atoms with van der Waals surface area (Å²) in [7, 11) is 0. The quantitative estimate of drug-likeness (QED) is 0.0838. The van der Waals surface area contributed by atoms with Crippen LogP contribution in [0, 0.1) is 0 Å². The number of carbonyl (C=O) groups is 1. The molecule has 0 saturated carbocycles. The first-order valence-electron chi connectivity index (χ1n) is 12.1. The van der Waals surface area contributed by atoms with Crippen LogP contribution in [0.2, 0.25) is 5.02 Å². The Morgan fingerprint density at radius 3 is 1.89 bits per heavy atom. The molecular formula is C32H25ClN2O2S. The van der Waals surface area contributed by atoms with Crippen molar-refractivity contribution in [3.63, 3.8) is 0 Å². The highest BCUT2D eigenvalue weighted by Crippen LogP contribution is 2.41. The third kappa shape index (κ3) is 5.49. The number of rotatable bonds is 9. The number of hydrogen-bond donors (Lipinski definition) is 0. The highest BCUT2D eigenvalue weighted by atomic mass is 35.5. The minimum Gasteiger partial charge on any atom is -0.473 e. The van der Waals surface area contributed by atoms with Gasteiger partial charge >= 0.3 is 0 Å². The summed E-state index contributed by atoms with van der Waals surface area (Å²) in [6, 6.07) is 37.2. The molecule has 0 aliphatic carbocycles. The van der Waals surface area contributed by atoms with Crippen LogP contribution in [0.4, 0.5) is 0 Å². The summed E-state index contributed by atoms with van der Waals surface area (Å²) in [6.07, 6.45) is 3.71. The second-order valence-corrected chi connectivity index (χ2v) is 9.90. The van der Waals surface area contributed by atoms with E-state index in [4.69, 9.17) is 16.3 Å². The van der Waals surface area contributed by atoms with Crippen molar-refractivity contribution in [1.82, 2.24) is 9.97 Å². The topological polar surface area (TPSA) is 52.1 Å². The largest absolute Gasteiger partial charge is 0.473 e. The van der Waals surface area contributed by atoms with E-state index in [2.05, 4.69) is 46.4 Å². The van der Waals surface area contributed by atoms with Crippen molar-refractivity contribution in [2.45, 2.75) is 17.2 Å². The van der Waals surface area contributed by atoms with Crippen LogP contribution >= 0.6 is 23.4 Å². The smallest absolute Gasteiger partial charge is 0.187 e. The van der Waals surface area contributed by atoms with Crippen LogP contribution in [-0.2, 0) is 12.0 Å². The summed E-state index contributed by atoms with van der Waals surface area (Å²) in [4.78, 5) is 22.0. The van der Waals surface area contributed by atoms with Crippen molar-refractivity contribution in [1.29, 1.82) is 0 Å². The summed E-state index contributed by atoms with van der Waals surface area (Å²) in [5, 5.41) is 1.05. The highest BCUT2D eigenvalue weighted by molar-refractivity contribution is 7.98. The van der Waals surface area contributed by atoms with E-state index in [9.17, 15) is 4.79 Å². The molecule has 0 saturated heterocycles. The zero-order valence-electron chi connectivity index (χ0n) is 20.8. The van der Waals surface area contributed by atoms with Crippen molar-refractivity contribution in [3.05, 3.63) is 154 Å². The van der Waals surface area contributed by atoms with Crippen molar-refractivity contribution in [3.8, 4) is 5.75 Å². The van der Waals surface area contributed by atoms with Gasteiger partial charge in [0.05, 0.1) is 12.1 Å². The molecule has 0 radical (unpaired) electrons. The Morgan fingerprint density at radius 1 is 0.816 bits per heavy atom. The van der Waals surface area contributed by atoms with Gasteiger partial charge in [0, 0.05) is 33.5 Å². The predicted molar refractivity (Wildman–Crippen MR) is 153 cm³/mol. The van der Waals surface area contributed by atoms with Crippen molar-refractivity contribution in [2.24, 2.45) is 0 Å². The van der Waals surface area contributed by atoms with E-state index in [0.717, 1.165) is 16.7 Å². The number of ketones is 1. The standard InChI is InChI=1S/C32H25ClN2O2S/c1-38-31-34-18-17-28(35-31)22-30(36)23-19-27(33)21-29(20-23)37-32(24-11-5-2-6-12-24,25-13-7-3-8-14-25)26-15-9-4-10-16-26/h2-21H,22H2,1H3. The number of ether oxygens (including phenoxy) is 1. The molecule has 5 aromatic rings. The minimum absolute atomic E-state index is 0.104. The Hall–Kier alpha value is -3.93. The first-order valence-corrected chi connectivity index (χ1v) is 13.7. The van der Waals surface area contributed by atoms with Gasteiger partial charge in [-0.25, -0.2) is 9.97 Å². The van der Waals surface area contributed by atoms with Crippen LogP contribution < -0.4 is 4.74 Å². The van der Waals surface area contributed by atoms with E-state index in [-0.39, 0.29) is 12.2 Å². The summed E-state index contributed by atoms with van der Waals surface area (Å²) < 4.78 is 6.95. The van der Waals surface area contributed by atoms with Gasteiger partial charge in [-0.1, -0.05) is 114 Å². The van der Waals surface area contributed by atoms with Gasteiger partial charge in [0.2, 0.25) is 0 Å². The normalized spacial score (nSPS) is 11.2. The second-order valence-electron chi connectivity index (χ2n) is 8.69. The van der Waals surface area contributed by atoms with Crippen LogP contribution in [0.3, 0.4) is 0 Å². The van der Waals surface area contributed by atoms with Gasteiger partial charge in [0.15, 0.2) is 16.5 Å². The van der Waals surface area contributed by atoms with Crippen LogP contribution in [-0.4, -0.2) is 22.0 Å². The van der Waals surface area contributed by atoms with E-state index in [1.807, 2.05) is 60.9 Å². The number of halogens is 1. The summed E-state index contributed by atoms with van der Waals surface area (Å²) >= 11 is 7.99. The average molecular weight is 537 g/mol. The van der Waals surface area contributed by atoms with Gasteiger partial charge in [-0.05, 0) is 30.5 Å². The van der Waals surface area contributed by atoms with Crippen LogP contribution in [0.5, 0.6) is 5.75 Å². The molecule has 0 atom stereocenters. The van der Waals surface area contributed by atoms with E-state index in [1.54, 1.807) is 30.5 Å². The molecule has 0 unspecified atom stereocenters. The molecule has 0 fully saturated rings. The number of carbonyl (C=O) groups excluding carboxylic acids is 1. The first kappa shape index (κ1) is 25.7. The molecule has 5 rings (SSSR count). The lowest BCUT2D eigenvalue weighted by molar-refractivity contribution is 0.0990. The lowest BCUT2D eigenvalue weighted by atomic mass is 9.80. The summed E-state index contributed by atoms with van der Waals surface area (Å²) in [6.45, 7) is 0. The highest BCUT2D eigenvalue weighted by Gasteiger charge is 2.39. The third-order valence-electron chi connectivity index (χ3n) is 6.22. The Bertz CT molecular complexity index is 1430. The lowest BCUT2D eigenvalue weighted by Crippen LogP contribution is -2.36. The molecule has 188 valence electrons. The van der Waals surface area contributed by atoms with Gasteiger partial charge in [-0.3, -0.25) is 4.79 Å². The maximum Gasteiger partial charge on any atom is 0.187 e. The van der Waals surface area contributed by atoms with E-state index in [1.165, 1.54) is 11.8 Å². The lowest BCUT2D eigenvalue weighted by Gasteiger charge is -2.36. The summed E-state index contributed by atoms with van der Waals surface area (Å²) in [5.74, 6) is 0.387. The van der Waals surface area contributed by atoms with E-state index < -0.39 is 5.60 Å². The Kier molecular flexibility index (Phi) is 7.87. The van der Waals surface area contributed by atoms with E-state index >= 15 is 0 Å². The average Bonchev–Trinajstić information content (AvgIpc) is 2.97. The fourth-order valence-corrected chi connectivity index (χ4v) is 5.09. The molecule has 0 amide bonds. The molecule has 0 N–H and O–H groups in total. The molecule has 4 nitrogen and oxygen atoms in total. The van der Waals surface area contributed by atoms with E-state index in [0.29, 0.717) is 27.2 Å². The number of aromatic nitrogens is 2. The zero-order chi connectivity index (χ0) is 26.4. The molecule has 1 aromatic heterocycles. The van der Waals surface area contributed by atoms with Crippen LogP contribution in [0.15, 0.2) is 127 Å². The molecule has 0 spiro atoms. The van der Waals surface area contributed by atoms with Gasteiger partial charge in [0.1, 0.15) is 5.75 Å². The Labute approximate surface area is 231 Å².